The van der Waals surface area contributed by atoms with Gasteiger partial charge in [-0.1, -0.05) is 19.9 Å². The molecule has 0 spiro atoms. The summed E-state index contributed by atoms with van der Waals surface area (Å²) in [5, 5.41) is 2.03. The number of nitrogens with zero attached hydrogens (tertiary/aromatic N) is 4. The van der Waals surface area contributed by atoms with Gasteiger partial charge in [0.2, 0.25) is 0 Å². The molecule has 2 heterocycles. The number of rotatable bonds is 9. The molecule has 5 nitrogen and oxygen atoms in total. The van der Waals surface area contributed by atoms with E-state index < -0.39 is 0 Å². The minimum absolute atomic E-state index is 0.364. The molecule has 0 radical (unpaired) electrons. The molecule has 0 N–H and O–H groups in total. The Bertz CT molecular complexity index is 613. The van der Waals surface area contributed by atoms with Crippen molar-refractivity contribution in [2.45, 2.75) is 33.3 Å². The van der Waals surface area contributed by atoms with Gasteiger partial charge in [-0.25, -0.2) is 9.98 Å². The quantitative estimate of drug-likeness (QED) is 0.325. The summed E-state index contributed by atoms with van der Waals surface area (Å²) < 4.78 is 6.56. The van der Waals surface area contributed by atoms with Gasteiger partial charge < -0.3 is 9.64 Å². The minimum Gasteiger partial charge on any atom is -0.458 e. The van der Waals surface area contributed by atoms with Gasteiger partial charge in [0.15, 0.2) is 5.82 Å². The van der Waals surface area contributed by atoms with Gasteiger partial charge in [0, 0.05) is 24.2 Å². The predicted molar refractivity (Wildman–Crippen MR) is 104 cm³/mol. The first kappa shape index (κ1) is 18.1. The topological polar surface area (TPSA) is 50.6 Å². The SMILES string of the molecule is CCCN(/C=N/c1nc(OCc2cccs2)ncc1I)CCC. The number of halogens is 1. The monoisotopic (exact) mass is 444 g/mol. The lowest BCUT2D eigenvalue weighted by atomic mass is 10.4. The summed E-state index contributed by atoms with van der Waals surface area (Å²) in [5.74, 6) is 0.652. The van der Waals surface area contributed by atoms with Crippen molar-refractivity contribution in [1.82, 2.24) is 14.9 Å². The van der Waals surface area contributed by atoms with Crippen LogP contribution >= 0.6 is 33.9 Å². The number of aliphatic imine (C=N–C) groups is 1. The van der Waals surface area contributed by atoms with Gasteiger partial charge in [0.1, 0.15) is 6.61 Å². The lowest BCUT2D eigenvalue weighted by Crippen LogP contribution is -2.23. The first-order valence-corrected chi connectivity index (χ1v) is 9.64. The molecule has 0 aliphatic carbocycles. The van der Waals surface area contributed by atoms with Gasteiger partial charge in [-0.3, -0.25) is 0 Å². The molecule has 124 valence electrons. The van der Waals surface area contributed by atoms with E-state index in [1.807, 2.05) is 23.9 Å². The fraction of sp³-hybridized carbons (Fsp3) is 0.438. The lowest BCUT2D eigenvalue weighted by molar-refractivity contribution is 0.284. The first-order valence-electron chi connectivity index (χ1n) is 7.68. The minimum atomic E-state index is 0.364. The van der Waals surface area contributed by atoms with Crippen molar-refractivity contribution in [2.24, 2.45) is 4.99 Å². The van der Waals surface area contributed by atoms with Crippen LogP contribution in [0.2, 0.25) is 0 Å². The molecule has 0 amide bonds. The predicted octanol–water partition coefficient (Wildman–Crippen LogP) is 4.50. The molecule has 7 heteroatoms. The Labute approximate surface area is 155 Å². The Hall–Kier alpha value is -1.22. The van der Waals surface area contributed by atoms with E-state index in [-0.39, 0.29) is 0 Å². The summed E-state index contributed by atoms with van der Waals surface area (Å²) in [6.07, 6.45) is 5.82. The molecule has 23 heavy (non-hydrogen) atoms. The van der Waals surface area contributed by atoms with Crippen molar-refractivity contribution in [2.75, 3.05) is 13.1 Å². The Kier molecular flexibility index (Phi) is 7.73. The number of ether oxygens (including phenoxy) is 1. The van der Waals surface area contributed by atoms with Crippen LogP contribution in [0, 0.1) is 3.57 Å². The Morgan fingerprint density at radius 3 is 2.78 bits per heavy atom. The lowest BCUT2D eigenvalue weighted by Gasteiger charge is -2.17. The highest BCUT2D eigenvalue weighted by Gasteiger charge is 2.06. The number of thiophene rings is 1. The Balaban J connectivity index is 2.03. The molecule has 0 unspecified atom stereocenters. The van der Waals surface area contributed by atoms with Crippen LogP contribution in [0.3, 0.4) is 0 Å². The molecule has 0 aliphatic heterocycles. The standard InChI is InChI=1S/C16H21IN4OS/c1-3-7-21(8-4-2)12-19-15-14(17)10-18-16(20-15)22-11-13-6-5-9-23-13/h5-6,9-10,12H,3-4,7-8,11H2,1-2H3/b19-12+. The molecule has 0 aliphatic rings. The van der Waals surface area contributed by atoms with E-state index in [1.165, 1.54) is 0 Å². The van der Waals surface area contributed by atoms with Crippen molar-refractivity contribution in [1.29, 1.82) is 0 Å². The molecule has 0 saturated carbocycles. The largest absolute Gasteiger partial charge is 0.458 e. The molecular weight excluding hydrogens is 423 g/mol. The van der Waals surface area contributed by atoms with Crippen molar-refractivity contribution in [3.05, 3.63) is 32.2 Å². The van der Waals surface area contributed by atoms with Crippen LogP contribution in [0.1, 0.15) is 31.6 Å². The Morgan fingerprint density at radius 1 is 1.35 bits per heavy atom. The summed E-state index contributed by atoms with van der Waals surface area (Å²) in [6.45, 7) is 6.82. The number of hydrogen-bond acceptors (Lipinski definition) is 5. The van der Waals surface area contributed by atoms with Crippen LogP contribution in [0.5, 0.6) is 6.01 Å². The van der Waals surface area contributed by atoms with Gasteiger partial charge in [0.05, 0.1) is 9.91 Å². The summed E-state index contributed by atoms with van der Waals surface area (Å²) in [5.41, 5.74) is 0. The molecule has 2 rings (SSSR count). The normalized spacial score (nSPS) is 11.1. The zero-order valence-electron chi connectivity index (χ0n) is 13.4. The molecule has 0 saturated heterocycles. The average molecular weight is 444 g/mol. The second-order valence-corrected chi connectivity index (χ2v) is 7.17. The zero-order chi connectivity index (χ0) is 16.5. The number of hydrogen-bond donors (Lipinski definition) is 0. The van der Waals surface area contributed by atoms with Gasteiger partial charge in [0.25, 0.3) is 0 Å². The number of aromatic nitrogens is 2. The highest BCUT2D eigenvalue weighted by Crippen LogP contribution is 2.21. The summed E-state index contributed by atoms with van der Waals surface area (Å²) in [7, 11) is 0. The third kappa shape index (κ3) is 6.06. The van der Waals surface area contributed by atoms with Crippen LogP contribution in [0.4, 0.5) is 5.82 Å². The highest BCUT2D eigenvalue weighted by molar-refractivity contribution is 14.1. The molecule has 2 aromatic heterocycles. The van der Waals surface area contributed by atoms with Crippen LogP contribution in [0.25, 0.3) is 0 Å². The van der Waals surface area contributed by atoms with Crippen LogP contribution in [-0.2, 0) is 6.61 Å². The maximum absolute atomic E-state index is 5.65. The maximum Gasteiger partial charge on any atom is 0.318 e. The third-order valence-electron chi connectivity index (χ3n) is 2.99. The summed E-state index contributed by atoms with van der Waals surface area (Å²) in [6, 6.07) is 4.40. The molecule has 0 aromatic carbocycles. The van der Waals surface area contributed by atoms with Crippen LogP contribution in [0.15, 0.2) is 28.7 Å². The average Bonchev–Trinajstić information content (AvgIpc) is 3.06. The van der Waals surface area contributed by atoms with E-state index in [4.69, 9.17) is 4.74 Å². The van der Waals surface area contributed by atoms with E-state index in [1.54, 1.807) is 17.5 Å². The molecule has 0 bridgehead atoms. The fourth-order valence-electron chi connectivity index (χ4n) is 1.97. The van der Waals surface area contributed by atoms with E-state index in [2.05, 4.69) is 56.3 Å². The van der Waals surface area contributed by atoms with E-state index >= 15 is 0 Å². The van der Waals surface area contributed by atoms with E-state index in [0.717, 1.165) is 34.4 Å². The third-order valence-corrected chi connectivity index (χ3v) is 4.60. The smallest absolute Gasteiger partial charge is 0.318 e. The van der Waals surface area contributed by atoms with Gasteiger partial charge in [-0.05, 0) is 46.9 Å². The molecule has 2 aromatic rings. The summed E-state index contributed by atoms with van der Waals surface area (Å²) >= 11 is 3.85. The van der Waals surface area contributed by atoms with E-state index in [9.17, 15) is 0 Å². The van der Waals surface area contributed by atoms with Crippen molar-refractivity contribution >= 4 is 46.1 Å². The molecule has 0 fully saturated rings. The zero-order valence-corrected chi connectivity index (χ0v) is 16.4. The molecular formula is C16H21IN4OS. The fourth-order valence-corrected chi connectivity index (χ4v) is 2.99. The second-order valence-electron chi connectivity index (χ2n) is 4.97. The molecule has 0 atom stereocenters. The highest BCUT2D eigenvalue weighted by atomic mass is 127. The van der Waals surface area contributed by atoms with Crippen molar-refractivity contribution < 1.29 is 4.74 Å². The first-order chi connectivity index (χ1) is 11.2. The summed E-state index contributed by atoms with van der Waals surface area (Å²) in [4.78, 5) is 16.5. The van der Waals surface area contributed by atoms with Gasteiger partial charge in [-0.15, -0.1) is 11.3 Å². The van der Waals surface area contributed by atoms with Gasteiger partial charge >= 0.3 is 6.01 Å². The second kappa shape index (κ2) is 9.82. The van der Waals surface area contributed by atoms with Gasteiger partial charge in [-0.2, -0.15) is 4.98 Å². The van der Waals surface area contributed by atoms with Crippen molar-refractivity contribution in [3.8, 4) is 6.01 Å². The van der Waals surface area contributed by atoms with E-state index in [0.29, 0.717) is 18.4 Å². The maximum atomic E-state index is 5.65. The van der Waals surface area contributed by atoms with Crippen LogP contribution in [-0.4, -0.2) is 34.3 Å². The Morgan fingerprint density at radius 2 is 2.13 bits per heavy atom. The van der Waals surface area contributed by atoms with Crippen molar-refractivity contribution in [3.63, 3.8) is 0 Å². The van der Waals surface area contributed by atoms with Crippen LogP contribution < -0.4 is 4.74 Å².